The molecule has 0 aliphatic carbocycles. The predicted octanol–water partition coefficient (Wildman–Crippen LogP) is 2.71. The van der Waals surface area contributed by atoms with Crippen molar-refractivity contribution in [2.75, 3.05) is 11.4 Å². The summed E-state index contributed by atoms with van der Waals surface area (Å²) < 4.78 is 5.09. The third-order valence-electron chi connectivity index (χ3n) is 2.87. The van der Waals surface area contributed by atoms with Gasteiger partial charge in [-0.25, -0.2) is 0 Å². The van der Waals surface area contributed by atoms with Crippen LogP contribution in [0.2, 0.25) is 0 Å². The molecule has 20 heavy (non-hydrogen) atoms. The first kappa shape index (κ1) is 13.9. The van der Waals surface area contributed by atoms with Gasteiger partial charge >= 0.3 is 5.97 Å². The summed E-state index contributed by atoms with van der Waals surface area (Å²) in [6.07, 6.45) is 1.29. The Morgan fingerprint density at radius 3 is 2.45 bits per heavy atom. The molecular formula is C15H15NO4. The molecule has 0 atom stereocenters. The number of furan rings is 1. The third-order valence-corrected chi connectivity index (χ3v) is 2.87. The van der Waals surface area contributed by atoms with Gasteiger partial charge in [-0.05, 0) is 31.2 Å². The highest BCUT2D eigenvalue weighted by molar-refractivity contribution is 6.04. The molecule has 0 saturated heterocycles. The zero-order valence-electron chi connectivity index (χ0n) is 11.1. The van der Waals surface area contributed by atoms with Crippen LogP contribution in [0.4, 0.5) is 5.69 Å². The smallest absolute Gasteiger partial charge is 0.305 e. The summed E-state index contributed by atoms with van der Waals surface area (Å²) in [6, 6.07) is 10.5. The second kappa shape index (κ2) is 6.06. The molecule has 1 amide bonds. The van der Waals surface area contributed by atoms with Gasteiger partial charge in [0.2, 0.25) is 0 Å². The molecule has 1 aromatic carbocycles. The van der Waals surface area contributed by atoms with Gasteiger partial charge in [0.25, 0.3) is 5.91 Å². The van der Waals surface area contributed by atoms with Crippen LogP contribution in [0.1, 0.15) is 22.5 Å². The second-order valence-corrected chi connectivity index (χ2v) is 4.41. The number of rotatable bonds is 5. The Hall–Kier alpha value is -2.56. The number of benzene rings is 1. The molecule has 2 aromatic rings. The minimum absolute atomic E-state index is 0.0952. The first-order valence-corrected chi connectivity index (χ1v) is 6.22. The van der Waals surface area contributed by atoms with Crippen LogP contribution in [-0.2, 0) is 4.79 Å². The average molecular weight is 273 g/mol. The van der Waals surface area contributed by atoms with Crippen LogP contribution in [0.15, 0.2) is 47.1 Å². The van der Waals surface area contributed by atoms with Crippen molar-refractivity contribution in [2.24, 2.45) is 0 Å². The lowest BCUT2D eigenvalue weighted by Gasteiger charge is -2.21. The first-order chi connectivity index (χ1) is 9.58. The molecule has 1 N–H and O–H groups in total. The Bertz CT molecular complexity index is 587. The van der Waals surface area contributed by atoms with Crippen molar-refractivity contribution in [2.45, 2.75) is 13.3 Å². The van der Waals surface area contributed by atoms with Crippen molar-refractivity contribution >= 4 is 17.6 Å². The number of carbonyl (C=O) groups is 2. The molecule has 0 spiro atoms. The minimum atomic E-state index is -0.950. The zero-order chi connectivity index (χ0) is 14.5. The Morgan fingerprint density at radius 2 is 1.90 bits per heavy atom. The van der Waals surface area contributed by atoms with Gasteiger partial charge in [-0.15, -0.1) is 0 Å². The van der Waals surface area contributed by atoms with Crippen molar-refractivity contribution in [3.05, 3.63) is 54.0 Å². The van der Waals surface area contributed by atoms with E-state index in [0.29, 0.717) is 5.69 Å². The van der Waals surface area contributed by atoms with Crippen molar-refractivity contribution < 1.29 is 19.1 Å². The maximum Gasteiger partial charge on any atom is 0.305 e. The lowest BCUT2D eigenvalue weighted by Crippen LogP contribution is -2.32. The Kier molecular flexibility index (Phi) is 4.20. The number of nitrogens with zero attached hydrogens (tertiary/aromatic N) is 1. The van der Waals surface area contributed by atoms with Crippen LogP contribution in [0.5, 0.6) is 0 Å². The highest BCUT2D eigenvalue weighted by Crippen LogP contribution is 2.18. The van der Waals surface area contributed by atoms with Gasteiger partial charge < -0.3 is 14.4 Å². The maximum absolute atomic E-state index is 12.3. The Labute approximate surface area is 116 Å². The highest BCUT2D eigenvalue weighted by atomic mass is 16.4. The summed E-state index contributed by atoms with van der Waals surface area (Å²) in [7, 11) is 0. The molecule has 5 heteroatoms. The molecule has 0 bridgehead atoms. The van der Waals surface area contributed by atoms with Crippen LogP contribution in [0, 0.1) is 6.92 Å². The van der Waals surface area contributed by atoms with Crippen LogP contribution >= 0.6 is 0 Å². The molecule has 1 heterocycles. The lowest BCUT2D eigenvalue weighted by atomic mass is 10.2. The highest BCUT2D eigenvalue weighted by Gasteiger charge is 2.20. The van der Waals surface area contributed by atoms with E-state index in [-0.39, 0.29) is 24.6 Å². The molecule has 5 nitrogen and oxygen atoms in total. The van der Waals surface area contributed by atoms with Gasteiger partial charge in [0.1, 0.15) is 0 Å². The number of carbonyl (C=O) groups excluding carboxylic acids is 1. The fraction of sp³-hybridized carbons (Fsp3) is 0.200. The number of hydrogen-bond acceptors (Lipinski definition) is 3. The summed E-state index contributed by atoms with van der Waals surface area (Å²) in [4.78, 5) is 24.5. The molecular weight excluding hydrogens is 258 g/mol. The quantitative estimate of drug-likeness (QED) is 0.909. The number of aryl methyl sites for hydroxylation is 1. The molecule has 1 aromatic heterocycles. The van der Waals surface area contributed by atoms with Crippen LogP contribution in [-0.4, -0.2) is 23.5 Å². The molecule has 104 valence electrons. The maximum atomic E-state index is 12.3. The van der Waals surface area contributed by atoms with Crippen molar-refractivity contribution in [3.63, 3.8) is 0 Å². The Balaban J connectivity index is 2.26. The predicted molar refractivity (Wildman–Crippen MR) is 73.8 cm³/mol. The first-order valence-electron chi connectivity index (χ1n) is 6.22. The van der Waals surface area contributed by atoms with Gasteiger partial charge in [-0.2, -0.15) is 0 Å². The average Bonchev–Trinajstić information content (AvgIpc) is 2.94. The third kappa shape index (κ3) is 3.26. The fourth-order valence-corrected chi connectivity index (χ4v) is 1.81. The largest absolute Gasteiger partial charge is 0.481 e. The number of hydrogen-bond donors (Lipinski definition) is 1. The molecule has 0 aliphatic heterocycles. The molecule has 0 unspecified atom stereocenters. The van der Waals surface area contributed by atoms with Crippen molar-refractivity contribution in [3.8, 4) is 0 Å². The molecule has 2 rings (SSSR count). The lowest BCUT2D eigenvalue weighted by molar-refractivity contribution is -0.136. The van der Waals surface area contributed by atoms with Gasteiger partial charge in [0, 0.05) is 12.2 Å². The number of aliphatic carboxylic acids is 1. The Morgan fingerprint density at radius 1 is 1.20 bits per heavy atom. The molecule has 0 radical (unpaired) electrons. The van der Waals surface area contributed by atoms with E-state index < -0.39 is 5.97 Å². The summed E-state index contributed by atoms with van der Waals surface area (Å²) >= 11 is 0. The summed E-state index contributed by atoms with van der Waals surface area (Å²) in [5.41, 5.74) is 1.72. The van der Waals surface area contributed by atoms with Gasteiger partial charge in [-0.1, -0.05) is 17.7 Å². The van der Waals surface area contributed by atoms with Crippen molar-refractivity contribution in [1.82, 2.24) is 0 Å². The van der Waals surface area contributed by atoms with Crippen LogP contribution < -0.4 is 4.90 Å². The van der Waals surface area contributed by atoms with E-state index >= 15 is 0 Å². The summed E-state index contributed by atoms with van der Waals surface area (Å²) in [5, 5.41) is 8.80. The molecule has 0 fully saturated rings. The monoisotopic (exact) mass is 273 g/mol. The van der Waals surface area contributed by atoms with E-state index in [0.717, 1.165) is 5.56 Å². The number of carboxylic acids is 1. The van der Waals surface area contributed by atoms with E-state index in [4.69, 9.17) is 9.52 Å². The molecule has 0 saturated carbocycles. The summed E-state index contributed by atoms with van der Waals surface area (Å²) in [6.45, 7) is 2.04. The zero-order valence-corrected chi connectivity index (χ0v) is 11.1. The van der Waals surface area contributed by atoms with Gasteiger partial charge in [0.05, 0.1) is 12.7 Å². The minimum Gasteiger partial charge on any atom is -0.481 e. The van der Waals surface area contributed by atoms with Gasteiger partial charge in [0.15, 0.2) is 5.76 Å². The topological polar surface area (TPSA) is 70.8 Å². The van der Waals surface area contributed by atoms with E-state index in [1.807, 2.05) is 19.1 Å². The van der Waals surface area contributed by atoms with E-state index in [9.17, 15) is 9.59 Å². The number of anilines is 1. The van der Waals surface area contributed by atoms with Crippen molar-refractivity contribution in [1.29, 1.82) is 0 Å². The van der Waals surface area contributed by atoms with E-state index in [1.165, 1.54) is 11.2 Å². The SMILES string of the molecule is Cc1ccc(N(CCC(=O)O)C(=O)c2ccco2)cc1. The summed E-state index contributed by atoms with van der Waals surface area (Å²) in [5.74, 6) is -1.11. The number of amides is 1. The standard InChI is InChI=1S/C15H15NO4/c1-11-4-6-12(7-5-11)16(9-8-14(17)18)15(19)13-3-2-10-20-13/h2-7,10H,8-9H2,1H3,(H,17,18). The second-order valence-electron chi connectivity index (χ2n) is 4.41. The normalized spacial score (nSPS) is 10.2. The van der Waals surface area contributed by atoms with E-state index in [1.54, 1.807) is 24.3 Å². The van der Waals surface area contributed by atoms with Crippen LogP contribution in [0.3, 0.4) is 0 Å². The van der Waals surface area contributed by atoms with Crippen LogP contribution in [0.25, 0.3) is 0 Å². The fourth-order valence-electron chi connectivity index (χ4n) is 1.81. The van der Waals surface area contributed by atoms with Gasteiger partial charge in [-0.3, -0.25) is 9.59 Å². The molecule has 0 aliphatic rings. The number of carboxylic acid groups (broad SMARTS) is 1. The van der Waals surface area contributed by atoms with E-state index in [2.05, 4.69) is 0 Å².